The second kappa shape index (κ2) is 5.32. The molecule has 0 saturated carbocycles. The Balaban J connectivity index is 2.11. The van der Waals surface area contributed by atoms with Crippen LogP contribution in [0.4, 0.5) is 0 Å². The second-order valence-electron chi connectivity index (χ2n) is 3.63. The third-order valence-electron chi connectivity index (χ3n) is 2.31. The van der Waals surface area contributed by atoms with Gasteiger partial charge >= 0.3 is 0 Å². The summed E-state index contributed by atoms with van der Waals surface area (Å²) in [6.07, 6.45) is 0. The van der Waals surface area contributed by atoms with Crippen molar-refractivity contribution in [2.75, 3.05) is 7.05 Å². The van der Waals surface area contributed by atoms with E-state index in [4.69, 9.17) is 23.2 Å². The first-order valence-electron chi connectivity index (χ1n) is 5.01. The van der Waals surface area contributed by atoms with Crippen LogP contribution in [0.15, 0.2) is 18.2 Å². The Morgan fingerprint density at radius 1 is 1.44 bits per heavy atom. The van der Waals surface area contributed by atoms with E-state index >= 15 is 0 Å². The highest BCUT2D eigenvalue weighted by Crippen LogP contribution is 2.22. The lowest BCUT2D eigenvalue weighted by molar-refractivity contribution is 0.0773. The average molecular weight is 286 g/mol. The van der Waals surface area contributed by atoms with E-state index in [0.717, 1.165) is 5.56 Å². The number of hydrogen-bond donors (Lipinski definition) is 1. The third-order valence-corrected chi connectivity index (χ3v) is 2.89. The van der Waals surface area contributed by atoms with Crippen molar-refractivity contribution in [3.05, 3.63) is 39.6 Å². The fourth-order valence-electron chi connectivity index (χ4n) is 1.40. The summed E-state index contributed by atoms with van der Waals surface area (Å²) in [4.78, 5) is 13.3. The molecule has 2 aromatic rings. The molecule has 0 fully saturated rings. The number of aromatic nitrogens is 4. The van der Waals surface area contributed by atoms with Crippen molar-refractivity contribution in [1.29, 1.82) is 0 Å². The summed E-state index contributed by atoms with van der Waals surface area (Å²) in [5, 5.41) is 13.9. The van der Waals surface area contributed by atoms with Gasteiger partial charge in [0.2, 0.25) is 0 Å². The number of hydrogen-bond acceptors (Lipinski definition) is 4. The highest BCUT2D eigenvalue weighted by atomic mass is 35.5. The number of nitrogens with one attached hydrogen (secondary N) is 1. The van der Waals surface area contributed by atoms with Crippen molar-refractivity contribution in [1.82, 2.24) is 25.5 Å². The zero-order chi connectivity index (χ0) is 13.1. The van der Waals surface area contributed by atoms with Crippen LogP contribution in [0.5, 0.6) is 0 Å². The summed E-state index contributed by atoms with van der Waals surface area (Å²) < 4.78 is 0. The number of H-pyrrole nitrogens is 1. The Kier molecular flexibility index (Phi) is 3.78. The van der Waals surface area contributed by atoms with Gasteiger partial charge in [0.1, 0.15) is 0 Å². The van der Waals surface area contributed by atoms with Crippen molar-refractivity contribution < 1.29 is 4.79 Å². The molecule has 1 aromatic carbocycles. The van der Waals surface area contributed by atoms with E-state index in [2.05, 4.69) is 20.6 Å². The molecule has 0 aliphatic carbocycles. The Hall–Kier alpha value is -1.66. The van der Waals surface area contributed by atoms with E-state index in [1.165, 1.54) is 4.90 Å². The summed E-state index contributed by atoms with van der Waals surface area (Å²) in [6.45, 7) is 0.337. The van der Waals surface area contributed by atoms with Crippen LogP contribution in [-0.4, -0.2) is 38.5 Å². The van der Waals surface area contributed by atoms with E-state index in [9.17, 15) is 4.79 Å². The largest absolute Gasteiger partial charge is 0.334 e. The standard InChI is InChI=1S/C10H9Cl2N5O/c1-17(10(18)9-13-15-16-14-9)5-6-2-3-7(11)4-8(6)12/h2-4H,5H2,1H3,(H,13,14,15,16). The molecule has 0 radical (unpaired) electrons. The minimum Gasteiger partial charge on any atom is -0.334 e. The third kappa shape index (κ3) is 2.77. The first kappa shape index (κ1) is 12.8. The summed E-state index contributed by atoms with van der Waals surface area (Å²) in [6, 6.07) is 5.12. The van der Waals surface area contributed by atoms with Crippen molar-refractivity contribution in [2.24, 2.45) is 0 Å². The zero-order valence-electron chi connectivity index (χ0n) is 9.39. The van der Waals surface area contributed by atoms with Crippen molar-refractivity contribution in [2.45, 2.75) is 6.54 Å². The van der Waals surface area contributed by atoms with Gasteiger partial charge in [0, 0.05) is 23.6 Å². The molecule has 0 bridgehead atoms. The van der Waals surface area contributed by atoms with E-state index < -0.39 is 0 Å². The lowest BCUT2D eigenvalue weighted by atomic mass is 10.2. The monoisotopic (exact) mass is 285 g/mol. The molecular weight excluding hydrogens is 277 g/mol. The van der Waals surface area contributed by atoms with Crippen LogP contribution in [0.2, 0.25) is 10.0 Å². The number of tetrazole rings is 1. The van der Waals surface area contributed by atoms with Crippen LogP contribution in [0.25, 0.3) is 0 Å². The molecule has 0 unspecified atom stereocenters. The maximum atomic E-state index is 11.9. The van der Waals surface area contributed by atoms with Crippen LogP contribution >= 0.6 is 23.2 Å². The molecule has 1 N–H and O–H groups in total. The van der Waals surface area contributed by atoms with Gasteiger partial charge < -0.3 is 4.90 Å². The Labute approximate surface area is 113 Å². The minimum atomic E-state index is -0.338. The van der Waals surface area contributed by atoms with E-state index in [1.807, 2.05) is 0 Å². The Bertz CT molecular complexity index is 557. The van der Waals surface area contributed by atoms with Crippen molar-refractivity contribution in [3.8, 4) is 0 Å². The van der Waals surface area contributed by atoms with Crippen LogP contribution < -0.4 is 0 Å². The van der Waals surface area contributed by atoms with Gasteiger partial charge in [-0.2, -0.15) is 5.21 Å². The molecule has 0 spiro atoms. The highest BCUT2D eigenvalue weighted by Gasteiger charge is 2.17. The van der Waals surface area contributed by atoms with Crippen LogP contribution in [0.3, 0.4) is 0 Å². The van der Waals surface area contributed by atoms with Crippen molar-refractivity contribution >= 4 is 29.1 Å². The van der Waals surface area contributed by atoms with E-state index in [1.54, 1.807) is 25.2 Å². The first-order chi connectivity index (χ1) is 8.58. The van der Waals surface area contributed by atoms with Gasteiger partial charge in [-0.3, -0.25) is 4.79 Å². The van der Waals surface area contributed by atoms with Crippen LogP contribution in [0.1, 0.15) is 16.2 Å². The fourth-order valence-corrected chi connectivity index (χ4v) is 1.87. The molecule has 6 nitrogen and oxygen atoms in total. The maximum Gasteiger partial charge on any atom is 0.295 e. The minimum absolute atomic E-state index is 0.0163. The van der Waals surface area contributed by atoms with Gasteiger partial charge in [0.25, 0.3) is 11.7 Å². The fraction of sp³-hybridized carbons (Fsp3) is 0.200. The normalized spacial score (nSPS) is 10.4. The Morgan fingerprint density at radius 2 is 2.22 bits per heavy atom. The zero-order valence-corrected chi connectivity index (χ0v) is 10.9. The van der Waals surface area contributed by atoms with Crippen molar-refractivity contribution in [3.63, 3.8) is 0 Å². The summed E-state index contributed by atoms with van der Waals surface area (Å²) in [5.74, 6) is -0.322. The van der Waals surface area contributed by atoms with Gasteiger partial charge in [-0.15, -0.1) is 10.2 Å². The molecule has 0 saturated heterocycles. The predicted octanol–water partition coefficient (Wildman–Crippen LogP) is 1.78. The number of benzene rings is 1. The van der Waals surface area contributed by atoms with Gasteiger partial charge in [-0.05, 0) is 22.9 Å². The van der Waals surface area contributed by atoms with Crippen LogP contribution in [0, 0.1) is 0 Å². The van der Waals surface area contributed by atoms with E-state index in [0.29, 0.717) is 16.6 Å². The lowest BCUT2D eigenvalue weighted by Gasteiger charge is -2.16. The SMILES string of the molecule is CN(Cc1ccc(Cl)cc1Cl)C(=O)c1nn[nH]n1. The smallest absolute Gasteiger partial charge is 0.295 e. The van der Waals surface area contributed by atoms with Gasteiger partial charge in [-0.25, -0.2) is 0 Å². The molecule has 0 aliphatic heterocycles. The Morgan fingerprint density at radius 3 is 2.83 bits per heavy atom. The molecule has 1 amide bonds. The lowest BCUT2D eigenvalue weighted by Crippen LogP contribution is -2.27. The first-order valence-corrected chi connectivity index (χ1v) is 5.76. The number of nitrogens with zero attached hydrogens (tertiary/aromatic N) is 4. The number of halogens is 2. The predicted molar refractivity (Wildman–Crippen MR) is 66.4 cm³/mol. The van der Waals surface area contributed by atoms with Gasteiger partial charge in [-0.1, -0.05) is 29.3 Å². The second-order valence-corrected chi connectivity index (χ2v) is 4.48. The number of carbonyl (C=O) groups is 1. The van der Waals surface area contributed by atoms with E-state index in [-0.39, 0.29) is 11.7 Å². The summed E-state index contributed by atoms with van der Waals surface area (Å²) in [7, 11) is 1.63. The summed E-state index contributed by atoms with van der Waals surface area (Å²) in [5.41, 5.74) is 0.792. The molecule has 18 heavy (non-hydrogen) atoms. The molecule has 1 aromatic heterocycles. The molecule has 0 atom stereocenters. The highest BCUT2D eigenvalue weighted by molar-refractivity contribution is 6.35. The molecule has 0 aliphatic rings. The number of carbonyl (C=O) groups excluding carboxylic acids is 1. The molecular formula is C10H9Cl2N5O. The molecule has 1 heterocycles. The number of aromatic amines is 1. The number of rotatable bonds is 3. The topological polar surface area (TPSA) is 74.8 Å². The van der Waals surface area contributed by atoms with Gasteiger partial charge in [0.05, 0.1) is 0 Å². The van der Waals surface area contributed by atoms with Gasteiger partial charge in [0.15, 0.2) is 0 Å². The quantitative estimate of drug-likeness (QED) is 0.933. The number of amides is 1. The molecule has 2 rings (SSSR count). The summed E-state index contributed by atoms with van der Waals surface area (Å²) >= 11 is 11.8. The average Bonchev–Trinajstić information content (AvgIpc) is 2.85. The molecule has 94 valence electrons. The van der Waals surface area contributed by atoms with Crippen LogP contribution in [-0.2, 0) is 6.54 Å². The maximum absolute atomic E-state index is 11.9. The molecule has 8 heteroatoms.